The zero-order valence-corrected chi connectivity index (χ0v) is 9.72. The van der Waals surface area contributed by atoms with Gasteiger partial charge in [-0.15, -0.1) is 5.10 Å². The maximum absolute atomic E-state index is 10.0. The first-order valence-electron chi connectivity index (χ1n) is 4.70. The lowest BCUT2D eigenvalue weighted by Crippen LogP contribution is -2.64. The quantitative estimate of drug-likeness (QED) is 0.260. The molecule has 0 unspecified atom stereocenters. The molecular formula is C8H8N7O2S+. The number of nitrogens with two attached hydrogens (primary N) is 1. The molecule has 1 heterocycles. The predicted molar refractivity (Wildman–Crippen MR) is 65.3 cm³/mol. The third-order valence-corrected chi connectivity index (χ3v) is 2.46. The smallest absolute Gasteiger partial charge is 0.319 e. The van der Waals surface area contributed by atoms with Gasteiger partial charge in [-0.05, 0) is 18.2 Å². The zero-order valence-electron chi connectivity index (χ0n) is 8.90. The van der Waals surface area contributed by atoms with Gasteiger partial charge >= 0.3 is 5.96 Å². The number of hydrogen-bond donors (Lipinski definition) is 3. The molecular weight excluding hydrogens is 258 g/mol. The number of benzene rings is 1. The van der Waals surface area contributed by atoms with Crippen LogP contribution in [-0.4, -0.2) is 26.0 Å². The van der Waals surface area contributed by atoms with Gasteiger partial charge in [-0.25, -0.2) is 10.1 Å². The van der Waals surface area contributed by atoms with E-state index in [1.54, 1.807) is 11.5 Å². The fraction of sp³-hybridized carbons (Fsp3) is 0. The monoisotopic (exact) mass is 266 g/mol. The molecule has 0 saturated carbocycles. The molecule has 0 bridgehead atoms. The molecule has 0 spiro atoms. The summed E-state index contributed by atoms with van der Waals surface area (Å²) in [6, 6.07) is 5.43. The highest BCUT2D eigenvalue weighted by molar-refractivity contribution is 7.00. The van der Waals surface area contributed by atoms with E-state index >= 15 is 0 Å². The second-order valence-corrected chi connectivity index (χ2v) is 3.68. The first-order valence-corrected chi connectivity index (χ1v) is 5.43. The van der Waals surface area contributed by atoms with Crippen LogP contribution >= 0.6 is 11.7 Å². The number of guanidine groups is 1. The van der Waals surface area contributed by atoms with Gasteiger partial charge in [0.2, 0.25) is 6.21 Å². The van der Waals surface area contributed by atoms with E-state index in [0.29, 0.717) is 0 Å². The average molecular weight is 266 g/mol. The van der Waals surface area contributed by atoms with E-state index in [2.05, 4.69) is 18.9 Å². The highest BCUT2D eigenvalue weighted by atomic mass is 32.1. The summed E-state index contributed by atoms with van der Waals surface area (Å²) in [4.78, 5) is 10.0. The van der Waals surface area contributed by atoms with Gasteiger partial charge in [0.15, 0.2) is 5.03 Å². The highest BCUT2D eigenvalue weighted by Gasteiger charge is 2.02. The van der Waals surface area contributed by atoms with Gasteiger partial charge in [-0.3, -0.25) is 0 Å². The van der Waals surface area contributed by atoms with E-state index in [9.17, 15) is 10.1 Å². The van der Waals surface area contributed by atoms with Gasteiger partial charge < -0.3 is 5.73 Å². The molecule has 0 fully saturated rings. The van der Waals surface area contributed by atoms with Crippen LogP contribution < -0.4 is 16.3 Å². The Morgan fingerprint density at radius 3 is 3.11 bits per heavy atom. The maximum atomic E-state index is 10.0. The van der Waals surface area contributed by atoms with Gasteiger partial charge in [0.1, 0.15) is 11.0 Å². The third-order valence-electron chi connectivity index (χ3n) is 1.90. The van der Waals surface area contributed by atoms with E-state index in [-0.39, 0.29) is 5.96 Å². The molecule has 0 aliphatic carbocycles. The number of nitrogens with zero attached hydrogens (tertiary/aromatic N) is 4. The van der Waals surface area contributed by atoms with E-state index in [1.807, 2.05) is 12.1 Å². The molecule has 18 heavy (non-hydrogen) atoms. The Hall–Kier alpha value is -2.62. The van der Waals surface area contributed by atoms with Gasteiger partial charge in [0.25, 0.3) is 0 Å². The van der Waals surface area contributed by atoms with Crippen LogP contribution in [-0.2, 0) is 0 Å². The second kappa shape index (κ2) is 5.14. The number of nitrogens with one attached hydrogen (secondary N) is 2. The van der Waals surface area contributed by atoms with Gasteiger partial charge in [-0.2, -0.15) is 8.75 Å². The molecule has 0 radical (unpaired) electrons. The van der Waals surface area contributed by atoms with Crippen LogP contribution in [0.25, 0.3) is 11.0 Å². The standard InChI is InChI=1S/C8H7N7O2S/c9-8(12-15(16)17)11-10-4-5-1-2-6-7(3-5)14-18-13-6/h1-4H,(H3,9,11,12)/p+1/b10-4-. The fourth-order valence-corrected chi connectivity index (χ4v) is 1.70. The number of aromatic nitrogens is 2. The van der Waals surface area contributed by atoms with Gasteiger partial charge in [0.05, 0.1) is 11.7 Å². The van der Waals surface area contributed by atoms with Crippen molar-refractivity contribution in [2.75, 3.05) is 0 Å². The topological polar surface area (TPSA) is 133 Å². The SMILES string of the molecule is NC(=N/[NH+]=C\c1ccc2nsnc2c1)N[N+](=O)[O-]. The van der Waals surface area contributed by atoms with Crippen LogP contribution in [0.5, 0.6) is 0 Å². The number of hydrazine groups is 1. The third kappa shape index (κ3) is 2.95. The van der Waals surface area contributed by atoms with Crippen molar-refractivity contribution in [1.82, 2.24) is 14.2 Å². The lowest BCUT2D eigenvalue weighted by atomic mass is 10.2. The molecule has 2 rings (SSSR count). The lowest BCUT2D eigenvalue weighted by Gasteiger charge is -1.89. The van der Waals surface area contributed by atoms with Gasteiger partial charge in [0, 0.05) is 10.7 Å². The fourth-order valence-electron chi connectivity index (χ4n) is 1.18. The van der Waals surface area contributed by atoms with Crippen LogP contribution in [0.2, 0.25) is 0 Å². The maximum Gasteiger partial charge on any atom is 0.319 e. The second-order valence-electron chi connectivity index (χ2n) is 3.15. The lowest BCUT2D eigenvalue weighted by molar-refractivity contribution is -0.528. The summed E-state index contributed by atoms with van der Waals surface area (Å²) in [5.74, 6) is -0.340. The molecule has 2 aromatic rings. The van der Waals surface area contributed by atoms with Crippen LogP contribution in [0.4, 0.5) is 0 Å². The largest absolute Gasteiger partial charge is 0.360 e. The van der Waals surface area contributed by atoms with Crippen molar-refractivity contribution in [2.45, 2.75) is 0 Å². The Bertz CT molecular complexity index is 635. The number of rotatable bonds is 3. The zero-order chi connectivity index (χ0) is 13.0. The summed E-state index contributed by atoms with van der Waals surface area (Å²) in [7, 11) is 0. The molecule has 0 amide bonds. The van der Waals surface area contributed by atoms with Crippen LogP contribution in [0.3, 0.4) is 0 Å². The average Bonchev–Trinajstić information content (AvgIpc) is 2.75. The van der Waals surface area contributed by atoms with Crippen molar-refractivity contribution < 1.29 is 10.1 Å². The predicted octanol–water partition coefficient (Wildman–Crippen LogP) is -1.80. The molecule has 1 aromatic heterocycles. The number of nitro groups is 1. The Labute approximate surface area is 104 Å². The highest BCUT2D eigenvalue weighted by Crippen LogP contribution is 2.11. The van der Waals surface area contributed by atoms with Crippen molar-refractivity contribution in [3.63, 3.8) is 0 Å². The molecule has 0 atom stereocenters. The normalized spacial score (nSPS) is 12.1. The molecule has 92 valence electrons. The summed E-state index contributed by atoms with van der Waals surface area (Å²) >= 11 is 1.13. The van der Waals surface area contributed by atoms with Crippen molar-refractivity contribution >= 4 is 34.9 Å². The van der Waals surface area contributed by atoms with Crippen molar-refractivity contribution in [1.29, 1.82) is 0 Å². The molecule has 9 nitrogen and oxygen atoms in total. The molecule has 10 heteroatoms. The summed E-state index contributed by atoms with van der Waals surface area (Å²) in [6.45, 7) is 0. The summed E-state index contributed by atoms with van der Waals surface area (Å²) in [6.07, 6.45) is 1.53. The van der Waals surface area contributed by atoms with Crippen LogP contribution in [0.15, 0.2) is 23.3 Å². The Balaban J connectivity index is 2.10. The van der Waals surface area contributed by atoms with Crippen molar-refractivity contribution in [3.8, 4) is 0 Å². The summed E-state index contributed by atoms with van der Waals surface area (Å²) in [5, 5.41) is 15.3. The van der Waals surface area contributed by atoms with Crippen LogP contribution in [0, 0.1) is 10.1 Å². The number of fused-ring (bicyclic) bond motifs is 1. The minimum absolute atomic E-state index is 0.340. The Morgan fingerprint density at radius 2 is 2.33 bits per heavy atom. The summed E-state index contributed by atoms with van der Waals surface area (Å²) < 4.78 is 8.15. The molecule has 4 N–H and O–H groups in total. The van der Waals surface area contributed by atoms with Crippen LogP contribution in [0.1, 0.15) is 5.56 Å². The molecule has 0 saturated heterocycles. The Kier molecular flexibility index (Phi) is 3.38. The summed E-state index contributed by atoms with van der Waals surface area (Å²) in [5.41, 5.74) is 9.30. The number of hydrazone groups is 1. The minimum atomic E-state index is -0.798. The molecule has 1 aromatic carbocycles. The Morgan fingerprint density at radius 1 is 1.56 bits per heavy atom. The molecule has 0 aliphatic heterocycles. The van der Waals surface area contributed by atoms with E-state index < -0.39 is 5.03 Å². The number of hydrogen-bond acceptors (Lipinski definition) is 6. The van der Waals surface area contributed by atoms with Crippen molar-refractivity contribution in [3.05, 3.63) is 33.9 Å². The molecule has 0 aliphatic rings. The van der Waals surface area contributed by atoms with Crippen molar-refractivity contribution in [2.24, 2.45) is 10.8 Å². The first-order chi connectivity index (χ1) is 8.65. The first kappa shape index (κ1) is 11.9. The van der Waals surface area contributed by atoms with E-state index in [1.165, 1.54) is 6.21 Å². The van der Waals surface area contributed by atoms with E-state index in [0.717, 1.165) is 28.3 Å². The van der Waals surface area contributed by atoms with E-state index in [4.69, 9.17) is 5.73 Å². The van der Waals surface area contributed by atoms with Gasteiger partial charge in [-0.1, -0.05) is 5.43 Å². The minimum Gasteiger partial charge on any atom is -0.360 e.